The van der Waals surface area contributed by atoms with Crippen molar-refractivity contribution in [3.8, 4) is 11.3 Å². The van der Waals surface area contributed by atoms with Gasteiger partial charge < -0.3 is 9.73 Å². The van der Waals surface area contributed by atoms with Crippen molar-refractivity contribution >= 4 is 22.4 Å². The molecule has 2 heterocycles. The molecule has 0 radical (unpaired) electrons. The molecule has 0 fully saturated rings. The van der Waals surface area contributed by atoms with Crippen LogP contribution in [0.25, 0.3) is 11.3 Å². The van der Waals surface area contributed by atoms with Gasteiger partial charge in [-0.1, -0.05) is 41.7 Å². The van der Waals surface area contributed by atoms with Crippen molar-refractivity contribution in [2.24, 2.45) is 0 Å². The second-order valence-corrected chi connectivity index (χ2v) is 6.07. The molecule has 0 bridgehead atoms. The topological polar surface area (TPSA) is 68.0 Å². The van der Waals surface area contributed by atoms with E-state index in [1.807, 2.05) is 36.4 Å². The largest absolute Gasteiger partial charge is 0.461 e. The van der Waals surface area contributed by atoms with Gasteiger partial charge in [0.25, 0.3) is 0 Å². The summed E-state index contributed by atoms with van der Waals surface area (Å²) in [5.74, 6) is 0.847. The van der Waals surface area contributed by atoms with Gasteiger partial charge in [0.1, 0.15) is 11.5 Å². The van der Waals surface area contributed by atoms with Gasteiger partial charge in [0.2, 0.25) is 16.0 Å². The molecule has 0 spiro atoms. The average Bonchev–Trinajstić information content (AvgIpc) is 3.23. The Hall–Kier alpha value is -2.68. The zero-order valence-corrected chi connectivity index (χ0v) is 13.5. The van der Waals surface area contributed by atoms with Gasteiger partial charge in [0, 0.05) is 18.4 Å². The highest BCUT2D eigenvalue weighted by molar-refractivity contribution is 7.15. The van der Waals surface area contributed by atoms with Gasteiger partial charge >= 0.3 is 6.18 Å². The number of rotatable bonds is 5. The molecule has 0 atom stereocenters. The highest BCUT2D eigenvalue weighted by atomic mass is 32.1. The summed E-state index contributed by atoms with van der Waals surface area (Å²) in [7, 11) is 0. The number of carbonyl (C=O) groups excluding carboxylic acids is 1. The summed E-state index contributed by atoms with van der Waals surface area (Å²) in [6.07, 6.45) is -4.19. The molecule has 2 aromatic heterocycles. The zero-order chi connectivity index (χ0) is 17.9. The molecule has 0 aliphatic rings. The molecule has 0 aliphatic carbocycles. The number of aromatic nitrogens is 2. The summed E-state index contributed by atoms with van der Waals surface area (Å²) in [4.78, 5) is 11.8. The van der Waals surface area contributed by atoms with Crippen molar-refractivity contribution in [1.29, 1.82) is 0 Å². The molecule has 130 valence electrons. The van der Waals surface area contributed by atoms with Crippen molar-refractivity contribution in [1.82, 2.24) is 10.2 Å². The van der Waals surface area contributed by atoms with Crippen LogP contribution in [0.5, 0.6) is 0 Å². The number of aryl methyl sites for hydroxylation is 1. The van der Waals surface area contributed by atoms with Gasteiger partial charge in [-0.05, 0) is 12.1 Å². The standard InChI is InChI=1S/C16H12F3N3O2S/c17-16(18,19)14-21-22-15(25-14)20-13(23)9-7-11-6-8-12(24-11)10-4-2-1-3-5-10/h1-6,8H,7,9H2,(H,20,22,23). The van der Waals surface area contributed by atoms with Crippen molar-refractivity contribution in [3.05, 3.63) is 53.2 Å². The smallest absolute Gasteiger partial charge is 0.445 e. The number of anilines is 1. The third kappa shape index (κ3) is 4.44. The van der Waals surface area contributed by atoms with Crippen molar-refractivity contribution < 1.29 is 22.4 Å². The number of hydrogen-bond donors (Lipinski definition) is 1. The van der Waals surface area contributed by atoms with Crippen LogP contribution in [-0.2, 0) is 17.4 Å². The van der Waals surface area contributed by atoms with E-state index >= 15 is 0 Å². The number of nitrogens with one attached hydrogen (secondary N) is 1. The molecule has 0 saturated carbocycles. The van der Waals surface area contributed by atoms with E-state index < -0.39 is 17.1 Å². The lowest BCUT2D eigenvalue weighted by molar-refractivity contribution is -0.138. The van der Waals surface area contributed by atoms with E-state index in [9.17, 15) is 18.0 Å². The lowest BCUT2D eigenvalue weighted by Gasteiger charge is -2.00. The Bertz CT molecular complexity index is 859. The molecule has 3 aromatic rings. The first-order valence-corrected chi connectivity index (χ1v) is 8.08. The molecule has 0 saturated heterocycles. The summed E-state index contributed by atoms with van der Waals surface area (Å²) in [5, 5.41) is 7.35. The van der Waals surface area contributed by atoms with E-state index in [-0.39, 0.29) is 22.9 Å². The highest BCUT2D eigenvalue weighted by Crippen LogP contribution is 2.33. The minimum Gasteiger partial charge on any atom is -0.461 e. The first-order valence-electron chi connectivity index (χ1n) is 7.26. The summed E-state index contributed by atoms with van der Waals surface area (Å²) in [6.45, 7) is 0. The van der Waals surface area contributed by atoms with Gasteiger partial charge in [-0.25, -0.2) is 0 Å². The number of benzene rings is 1. The monoisotopic (exact) mass is 367 g/mol. The predicted molar refractivity (Wildman–Crippen MR) is 86.0 cm³/mol. The van der Waals surface area contributed by atoms with Crippen molar-refractivity contribution in [2.45, 2.75) is 19.0 Å². The minimum absolute atomic E-state index is 0.0582. The van der Waals surface area contributed by atoms with E-state index in [4.69, 9.17) is 4.42 Å². The molecule has 25 heavy (non-hydrogen) atoms. The third-order valence-corrected chi connectivity index (χ3v) is 4.12. The van der Waals surface area contributed by atoms with E-state index in [1.54, 1.807) is 6.07 Å². The van der Waals surface area contributed by atoms with Crippen LogP contribution in [0, 0.1) is 0 Å². The number of halogens is 3. The second kappa shape index (κ2) is 7.06. The van der Waals surface area contributed by atoms with Gasteiger partial charge in [0.05, 0.1) is 0 Å². The Labute approximate surface area is 144 Å². The fourth-order valence-corrected chi connectivity index (χ4v) is 2.70. The molecular formula is C16H12F3N3O2S. The summed E-state index contributed by atoms with van der Waals surface area (Å²) in [5.41, 5.74) is 0.923. The Kier molecular flexibility index (Phi) is 4.84. The quantitative estimate of drug-likeness (QED) is 0.726. The van der Waals surface area contributed by atoms with Crippen LogP contribution in [0.4, 0.5) is 18.3 Å². The Morgan fingerprint density at radius 1 is 1.12 bits per heavy atom. The first kappa shape index (κ1) is 17.2. The van der Waals surface area contributed by atoms with Crippen molar-refractivity contribution in [3.63, 3.8) is 0 Å². The fourth-order valence-electron chi connectivity index (χ4n) is 2.08. The molecule has 5 nitrogen and oxygen atoms in total. The van der Waals surface area contributed by atoms with E-state index in [0.29, 0.717) is 17.9 Å². The maximum Gasteiger partial charge on any atom is 0.445 e. The number of furan rings is 1. The Morgan fingerprint density at radius 2 is 1.88 bits per heavy atom. The number of amides is 1. The number of alkyl halides is 3. The van der Waals surface area contributed by atoms with Gasteiger partial charge in [-0.2, -0.15) is 13.2 Å². The Morgan fingerprint density at radius 3 is 2.56 bits per heavy atom. The highest BCUT2D eigenvalue weighted by Gasteiger charge is 2.35. The van der Waals surface area contributed by atoms with E-state index in [1.165, 1.54) is 0 Å². The van der Waals surface area contributed by atoms with Crippen LogP contribution >= 0.6 is 11.3 Å². The van der Waals surface area contributed by atoms with Crippen LogP contribution in [0.2, 0.25) is 0 Å². The van der Waals surface area contributed by atoms with Crippen LogP contribution in [0.3, 0.4) is 0 Å². The fraction of sp³-hybridized carbons (Fsp3) is 0.188. The molecule has 3 rings (SSSR count). The molecule has 0 aliphatic heterocycles. The molecule has 1 aromatic carbocycles. The maximum atomic E-state index is 12.4. The van der Waals surface area contributed by atoms with Gasteiger partial charge in [0.15, 0.2) is 0 Å². The molecule has 1 amide bonds. The second-order valence-electron chi connectivity index (χ2n) is 5.09. The van der Waals surface area contributed by atoms with Crippen molar-refractivity contribution in [2.75, 3.05) is 5.32 Å². The molecular weight excluding hydrogens is 355 g/mol. The normalized spacial score (nSPS) is 11.5. The van der Waals surface area contributed by atoms with Crippen LogP contribution in [0.1, 0.15) is 17.2 Å². The molecule has 9 heteroatoms. The summed E-state index contributed by atoms with van der Waals surface area (Å²) in [6, 6.07) is 13.1. The molecule has 1 N–H and O–H groups in total. The third-order valence-electron chi connectivity index (χ3n) is 3.23. The Balaban J connectivity index is 1.54. The van der Waals surface area contributed by atoms with Crippen LogP contribution < -0.4 is 5.32 Å². The van der Waals surface area contributed by atoms with E-state index in [2.05, 4.69) is 15.5 Å². The predicted octanol–water partition coefficient (Wildman–Crippen LogP) is 4.39. The van der Waals surface area contributed by atoms with E-state index in [0.717, 1.165) is 5.56 Å². The minimum atomic E-state index is -4.57. The first-order chi connectivity index (χ1) is 11.9. The van der Waals surface area contributed by atoms with Gasteiger partial charge in [-0.3, -0.25) is 4.79 Å². The summed E-state index contributed by atoms with van der Waals surface area (Å²) < 4.78 is 43.0. The number of carbonyl (C=O) groups is 1. The van der Waals surface area contributed by atoms with Crippen LogP contribution in [0.15, 0.2) is 46.9 Å². The SMILES string of the molecule is O=C(CCc1ccc(-c2ccccc2)o1)Nc1nnc(C(F)(F)F)s1. The molecule has 0 unspecified atom stereocenters. The number of hydrogen-bond acceptors (Lipinski definition) is 5. The average molecular weight is 367 g/mol. The maximum absolute atomic E-state index is 12.4. The lowest BCUT2D eigenvalue weighted by atomic mass is 10.2. The van der Waals surface area contributed by atoms with Gasteiger partial charge in [-0.15, -0.1) is 10.2 Å². The number of nitrogens with zero attached hydrogens (tertiary/aromatic N) is 2. The lowest BCUT2D eigenvalue weighted by Crippen LogP contribution is -2.11. The summed E-state index contributed by atoms with van der Waals surface area (Å²) >= 11 is 0.289. The zero-order valence-electron chi connectivity index (χ0n) is 12.7. The van der Waals surface area contributed by atoms with Crippen LogP contribution in [-0.4, -0.2) is 16.1 Å².